The number of nitrogens with one attached hydrogen (secondary N) is 2. The van der Waals surface area contributed by atoms with Crippen LogP contribution in [0.4, 0.5) is 0 Å². The van der Waals surface area contributed by atoms with Crippen LogP contribution in [0.2, 0.25) is 0 Å². The number of nitrogens with zero attached hydrogens (tertiary/aromatic N) is 1. The third kappa shape index (κ3) is 6.72. The summed E-state index contributed by atoms with van der Waals surface area (Å²) < 4.78 is 0. The molecule has 0 aliphatic heterocycles. The second kappa shape index (κ2) is 10.3. The smallest absolute Gasteiger partial charge is 0.244 e. The standard InChI is InChI=1S/C22H27N3O2/c1-17(24-21(26)15-14-18-10-6-4-7-11-18)22(27)23-16-20(25(2)3)19-12-8-5-9-13-19/h4-15,17,20H,16H2,1-3H3,(H,23,27)(H,24,26). The molecule has 0 aliphatic carbocycles. The van der Waals surface area contributed by atoms with Gasteiger partial charge in [-0.3, -0.25) is 9.59 Å². The van der Waals surface area contributed by atoms with Crippen LogP contribution in [0.3, 0.4) is 0 Å². The van der Waals surface area contributed by atoms with Crippen molar-refractivity contribution in [3.05, 3.63) is 77.9 Å². The first kappa shape index (κ1) is 20.4. The van der Waals surface area contributed by atoms with Gasteiger partial charge in [0.2, 0.25) is 11.8 Å². The van der Waals surface area contributed by atoms with Crippen molar-refractivity contribution in [2.45, 2.75) is 19.0 Å². The Kier molecular flexibility index (Phi) is 7.77. The van der Waals surface area contributed by atoms with Crippen LogP contribution in [0.1, 0.15) is 24.1 Å². The number of rotatable bonds is 8. The Morgan fingerprint density at radius 1 is 1.00 bits per heavy atom. The zero-order valence-corrected chi connectivity index (χ0v) is 16.1. The van der Waals surface area contributed by atoms with Gasteiger partial charge in [-0.25, -0.2) is 0 Å². The largest absolute Gasteiger partial charge is 0.352 e. The van der Waals surface area contributed by atoms with Gasteiger partial charge >= 0.3 is 0 Å². The molecule has 0 saturated carbocycles. The van der Waals surface area contributed by atoms with E-state index in [-0.39, 0.29) is 17.9 Å². The summed E-state index contributed by atoms with van der Waals surface area (Å²) >= 11 is 0. The van der Waals surface area contributed by atoms with E-state index >= 15 is 0 Å². The van der Waals surface area contributed by atoms with Crippen LogP contribution in [0.5, 0.6) is 0 Å². The lowest BCUT2D eigenvalue weighted by Gasteiger charge is -2.25. The number of carbonyl (C=O) groups excluding carboxylic acids is 2. The van der Waals surface area contributed by atoms with Gasteiger partial charge in [-0.05, 0) is 38.2 Å². The lowest BCUT2D eigenvalue weighted by molar-refractivity contribution is -0.126. The Morgan fingerprint density at radius 3 is 2.19 bits per heavy atom. The number of likely N-dealkylation sites (N-methyl/N-ethyl adjacent to an activating group) is 1. The molecule has 2 amide bonds. The molecular weight excluding hydrogens is 338 g/mol. The third-order valence-electron chi connectivity index (χ3n) is 4.26. The van der Waals surface area contributed by atoms with Crippen molar-refractivity contribution < 1.29 is 9.59 Å². The molecule has 0 aliphatic rings. The van der Waals surface area contributed by atoms with Crippen LogP contribution in [0, 0.1) is 0 Å². The SMILES string of the molecule is CC(NC(=O)C=Cc1ccccc1)C(=O)NCC(c1ccccc1)N(C)C. The van der Waals surface area contributed by atoms with E-state index < -0.39 is 6.04 Å². The van der Waals surface area contributed by atoms with Gasteiger partial charge in [0.25, 0.3) is 0 Å². The second-order valence-corrected chi connectivity index (χ2v) is 6.61. The maximum atomic E-state index is 12.3. The lowest BCUT2D eigenvalue weighted by Crippen LogP contribution is -2.46. The first-order valence-electron chi connectivity index (χ1n) is 9.00. The minimum Gasteiger partial charge on any atom is -0.352 e. The average Bonchev–Trinajstić information content (AvgIpc) is 2.67. The molecule has 0 radical (unpaired) electrons. The first-order valence-corrected chi connectivity index (χ1v) is 9.00. The molecule has 0 spiro atoms. The molecule has 2 aromatic rings. The van der Waals surface area contributed by atoms with E-state index in [1.54, 1.807) is 13.0 Å². The summed E-state index contributed by atoms with van der Waals surface area (Å²) in [6.07, 6.45) is 3.16. The molecule has 5 heteroatoms. The van der Waals surface area contributed by atoms with E-state index in [1.165, 1.54) is 6.08 Å². The second-order valence-electron chi connectivity index (χ2n) is 6.61. The number of hydrogen-bond donors (Lipinski definition) is 2. The lowest BCUT2D eigenvalue weighted by atomic mass is 10.1. The van der Waals surface area contributed by atoms with Gasteiger partial charge in [-0.1, -0.05) is 60.7 Å². The summed E-state index contributed by atoms with van der Waals surface area (Å²) in [6, 6.07) is 19.0. The van der Waals surface area contributed by atoms with Crippen LogP contribution < -0.4 is 10.6 Å². The van der Waals surface area contributed by atoms with Crippen molar-refractivity contribution in [3.63, 3.8) is 0 Å². The zero-order chi connectivity index (χ0) is 19.6. The maximum absolute atomic E-state index is 12.3. The number of carbonyl (C=O) groups is 2. The molecule has 0 fully saturated rings. The Bertz CT molecular complexity index is 758. The molecular formula is C22H27N3O2. The molecule has 0 saturated heterocycles. The summed E-state index contributed by atoms with van der Waals surface area (Å²) in [5.74, 6) is -0.507. The topological polar surface area (TPSA) is 61.4 Å². The predicted molar refractivity (Wildman–Crippen MR) is 109 cm³/mol. The van der Waals surface area contributed by atoms with Gasteiger partial charge in [0.15, 0.2) is 0 Å². The fourth-order valence-electron chi connectivity index (χ4n) is 2.69. The van der Waals surface area contributed by atoms with Gasteiger partial charge in [-0.15, -0.1) is 0 Å². The summed E-state index contributed by atoms with van der Waals surface area (Å²) in [7, 11) is 3.95. The number of amides is 2. The summed E-state index contributed by atoms with van der Waals surface area (Å²) in [5.41, 5.74) is 2.06. The van der Waals surface area contributed by atoms with Crippen molar-refractivity contribution in [2.24, 2.45) is 0 Å². The quantitative estimate of drug-likeness (QED) is 0.707. The highest BCUT2D eigenvalue weighted by atomic mass is 16.2. The Labute approximate surface area is 161 Å². The molecule has 27 heavy (non-hydrogen) atoms. The van der Waals surface area contributed by atoms with E-state index in [4.69, 9.17) is 0 Å². The van der Waals surface area contributed by atoms with E-state index in [9.17, 15) is 9.59 Å². The predicted octanol–water partition coefficient (Wildman–Crippen LogP) is 2.62. The minimum atomic E-state index is -0.614. The Hall–Kier alpha value is -2.92. The summed E-state index contributed by atoms with van der Waals surface area (Å²) in [4.78, 5) is 26.4. The summed E-state index contributed by atoms with van der Waals surface area (Å²) in [5, 5.41) is 5.61. The first-order chi connectivity index (χ1) is 13.0. The van der Waals surface area contributed by atoms with E-state index in [1.807, 2.05) is 74.8 Å². The van der Waals surface area contributed by atoms with E-state index in [0.29, 0.717) is 6.54 Å². The zero-order valence-electron chi connectivity index (χ0n) is 16.1. The average molecular weight is 365 g/mol. The highest BCUT2D eigenvalue weighted by Gasteiger charge is 2.18. The molecule has 0 bridgehead atoms. The molecule has 2 rings (SSSR count). The number of benzene rings is 2. The fourth-order valence-corrected chi connectivity index (χ4v) is 2.69. The molecule has 5 nitrogen and oxygen atoms in total. The van der Waals surface area contributed by atoms with Crippen molar-refractivity contribution in [2.75, 3.05) is 20.6 Å². The molecule has 2 atom stereocenters. The van der Waals surface area contributed by atoms with Gasteiger partial charge in [-0.2, -0.15) is 0 Å². The van der Waals surface area contributed by atoms with Crippen LogP contribution >= 0.6 is 0 Å². The molecule has 2 N–H and O–H groups in total. The number of hydrogen-bond acceptors (Lipinski definition) is 3. The normalized spacial score (nSPS) is 13.3. The monoisotopic (exact) mass is 365 g/mol. The van der Waals surface area contributed by atoms with Gasteiger partial charge < -0.3 is 15.5 Å². The molecule has 2 aromatic carbocycles. The highest BCUT2D eigenvalue weighted by molar-refractivity contribution is 5.95. The van der Waals surface area contributed by atoms with Crippen molar-refractivity contribution in [1.82, 2.24) is 15.5 Å². The van der Waals surface area contributed by atoms with Gasteiger partial charge in [0, 0.05) is 12.6 Å². The Morgan fingerprint density at radius 2 is 1.59 bits per heavy atom. The minimum absolute atomic E-state index is 0.0658. The van der Waals surface area contributed by atoms with Crippen LogP contribution in [-0.2, 0) is 9.59 Å². The van der Waals surface area contributed by atoms with Crippen LogP contribution in [-0.4, -0.2) is 43.4 Å². The van der Waals surface area contributed by atoms with Crippen LogP contribution in [0.25, 0.3) is 6.08 Å². The van der Waals surface area contributed by atoms with Crippen molar-refractivity contribution in [3.8, 4) is 0 Å². The van der Waals surface area contributed by atoms with Crippen molar-refractivity contribution >= 4 is 17.9 Å². The third-order valence-corrected chi connectivity index (χ3v) is 4.26. The Balaban J connectivity index is 1.85. The molecule has 0 heterocycles. The van der Waals surface area contributed by atoms with E-state index in [2.05, 4.69) is 15.5 Å². The maximum Gasteiger partial charge on any atom is 0.244 e. The molecule has 0 aromatic heterocycles. The van der Waals surface area contributed by atoms with Crippen molar-refractivity contribution in [1.29, 1.82) is 0 Å². The highest BCUT2D eigenvalue weighted by Crippen LogP contribution is 2.16. The van der Waals surface area contributed by atoms with Gasteiger partial charge in [0.1, 0.15) is 6.04 Å². The molecule has 142 valence electrons. The summed E-state index contributed by atoms with van der Waals surface area (Å²) in [6.45, 7) is 2.15. The van der Waals surface area contributed by atoms with Crippen LogP contribution in [0.15, 0.2) is 66.7 Å². The molecule has 2 unspecified atom stereocenters. The fraction of sp³-hybridized carbons (Fsp3) is 0.273. The van der Waals surface area contributed by atoms with E-state index in [0.717, 1.165) is 11.1 Å². The van der Waals surface area contributed by atoms with Gasteiger partial charge in [0.05, 0.1) is 6.04 Å².